The highest BCUT2D eigenvalue weighted by molar-refractivity contribution is 6.32. The number of anilines is 1. The van der Waals surface area contributed by atoms with Crippen LogP contribution in [0.2, 0.25) is 5.02 Å². The van der Waals surface area contributed by atoms with Crippen molar-refractivity contribution in [2.24, 2.45) is 0 Å². The number of hydrogen-bond donors (Lipinski definition) is 2. The summed E-state index contributed by atoms with van der Waals surface area (Å²) in [4.78, 5) is 15.8. The van der Waals surface area contributed by atoms with Gasteiger partial charge in [0.2, 0.25) is 5.91 Å². The average Bonchev–Trinajstić information content (AvgIpc) is 2.48. The number of amides is 1. The first-order valence-electron chi connectivity index (χ1n) is 6.42. The van der Waals surface area contributed by atoms with Crippen molar-refractivity contribution in [3.05, 3.63) is 53.3 Å². The predicted molar refractivity (Wildman–Crippen MR) is 82.6 cm³/mol. The van der Waals surface area contributed by atoms with Crippen molar-refractivity contribution in [2.75, 3.05) is 19.0 Å². The van der Waals surface area contributed by atoms with Gasteiger partial charge in [0, 0.05) is 24.6 Å². The van der Waals surface area contributed by atoms with Crippen molar-refractivity contribution >= 4 is 23.2 Å². The molecule has 1 heterocycles. The standard InChI is InChI=1S/C15H16ClN3O2/c1-21-14-5-4-12(7-13(14)16)19-15(20)10-18-9-11-3-2-6-17-8-11/h2-8,18H,9-10H2,1H3,(H,19,20). The number of carbonyl (C=O) groups excluding carboxylic acids is 1. The summed E-state index contributed by atoms with van der Waals surface area (Å²) in [6.45, 7) is 0.795. The zero-order valence-corrected chi connectivity index (χ0v) is 12.4. The van der Waals surface area contributed by atoms with Gasteiger partial charge in [0.15, 0.2) is 0 Å². The topological polar surface area (TPSA) is 63.2 Å². The van der Waals surface area contributed by atoms with Crippen LogP contribution in [0.1, 0.15) is 5.56 Å². The first-order chi connectivity index (χ1) is 10.2. The second-order valence-electron chi connectivity index (χ2n) is 4.36. The molecule has 0 fully saturated rings. The molecule has 0 radical (unpaired) electrons. The average molecular weight is 306 g/mol. The van der Waals surface area contributed by atoms with Crippen LogP contribution in [0.5, 0.6) is 5.75 Å². The van der Waals surface area contributed by atoms with Crippen molar-refractivity contribution in [2.45, 2.75) is 6.54 Å². The summed E-state index contributed by atoms with van der Waals surface area (Å²) >= 11 is 6.00. The van der Waals surface area contributed by atoms with E-state index in [2.05, 4.69) is 15.6 Å². The Hall–Kier alpha value is -2.11. The summed E-state index contributed by atoms with van der Waals surface area (Å²) < 4.78 is 5.06. The Morgan fingerprint density at radius 3 is 2.90 bits per heavy atom. The molecule has 2 N–H and O–H groups in total. The molecule has 110 valence electrons. The quantitative estimate of drug-likeness (QED) is 0.860. The fourth-order valence-electron chi connectivity index (χ4n) is 1.77. The molecule has 1 aromatic heterocycles. The number of nitrogens with zero attached hydrogens (tertiary/aromatic N) is 1. The van der Waals surface area contributed by atoms with Crippen LogP contribution in [-0.4, -0.2) is 24.5 Å². The minimum Gasteiger partial charge on any atom is -0.495 e. The van der Waals surface area contributed by atoms with E-state index >= 15 is 0 Å². The SMILES string of the molecule is COc1ccc(NC(=O)CNCc2cccnc2)cc1Cl. The Kier molecular flexibility index (Phi) is 5.54. The van der Waals surface area contributed by atoms with Gasteiger partial charge in [-0.3, -0.25) is 9.78 Å². The summed E-state index contributed by atoms with van der Waals surface area (Å²) in [6.07, 6.45) is 3.47. The zero-order chi connectivity index (χ0) is 15.1. The molecule has 0 bridgehead atoms. The number of methoxy groups -OCH3 is 1. The Labute approximate surface area is 128 Å². The van der Waals surface area contributed by atoms with E-state index in [9.17, 15) is 4.79 Å². The van der Waals surface area contributed by atoms with Crippen LogP contribution >= 0.6 is 11.6 Å². The maximum atomic E-state index is 11.8. The zero-order valence-electron chi connectivity index (χ0n) is 11.6. The van der Waals surface area contributed by atoms with Gasteiger partial charge < -0.3 is 15.4 Å². The first-order valence-corrected chi connectivity index (χ1v) is 6.80. The number of halogens is 1. The molecule has 21 heavy (non-hydrogen) atoms. The van der Waals surface area contributed by atoms with Crippen LogP contribution in [-0.2, 0) is 11.3 Å². The minimum atomic E-state index is -0.139. The largest absolute Gasteiger partial charge is 0.495 e. The lowest BCUT2D eigenvalue weighted by molar-refractivity contribution is -0.115. The van der Waals surface area contributed by atoms with Gasteiger partial charge >= 0.3 is 0 Å². The third-order valence-corrected chi connectivity index (χ3v) is 3.07. The number of carbonyl (C=O) groups is 1. The highest BCUT2D eigenvalue weighted by Crippen LogP contribution is 2.27. The fourth-order valence-corrected chi connectivity index (χ4v) is 2.03. The normalized spacial score (nSPS) is 10.2. The molecule has 5 nitrogen and oxygen atoms in total. The van der Waals surface area contributed by atoms with E-state index in [1.54, 1.807) is 37.7 Å². The summed E-state index contributed by atoms with van der Waals surface area (Å²) in [5.41, 5.74) is 1.66. The van der Waals surface area contributed by atoms with Gasteiger partial charge in [0.05, 0.1) is 18.7 Å². The van der Waals surface area contributed by atoms with Crippen molar-refractivity contribution in [1.29, 1.82) is 0 Å². The van der Waals surface area contributed by atoms with E-state index in [0.717, 1.165) is 5.56 Å². The monoisotopic (exact) mass is 305 g/mol. The van der Waals surface area contributed by atoms with Gasteiger partial charge in [0.25, 0.3) is 0 Å². The van der Waals surface area contributed by atoms with Crippen LogP contribution < -0.4 is 15.4 Å². The first kappa shape index (κ1) is 15.3. The van der Waals surface area contributed by atoms with Gasteiger partial charge in [0.1, 0.15) is 5.75 Å². The van der Waals surface area contributed by atoms with Crippen LogP contribution in [0, 0.1) is 0 Å². The van der Waals surface area contributed by atoms with Crippen molar-refractivity contribution in [1.82, 2.24) is 10.3 Å². The lowest BCUT2D eigenvalue weighted by Crippen LogP contribution is -2.27. The highest BCUT2D eigenvalue weighted by atomic mass is 35.5. The maximum Gasteiger partial charge on any atom is 0.238 e. The van der Waals surface area contributed by atoms with Gasteiger partial charge in [-0.2, -0.15) is 0 Å². The van der Waals surface area contributed by atoms with Crippen molar-refractivity contribution in [3.63, 3.8) is 0 Å². The molecule has 2 rings (SSSR count). The molecular formula is C15H16ClN3O2. The van der Waals surface area contributed by atoms with Crippen LogP contribution in [0.4, 0.5) is 5.69 Å². The molecule has 0 aliphatic rings. The number of ether oxygens (including phenoxy) is 1. The molecule has 6 heteroatoms. The van der Waals surface area contributed by atoms with Gasteiger partial charge in [-0.25, -0.2) is 0 Å². The molecule has 0 saturated heterocycles. The van der Waals surface area contributed by atoms with E-state index in [4.69, 9.17) is 16.3 Å². The molecule has 1 amide bonds. The van der Waals surface area contributed by atoms with Crippen LogP contribution in [0.25, 0.3) is 0 Å². The molecule has 0 saturated carbocycles. The third kappa shape index (κ3) is 4.73. The number of rotatable bonds is 6. The van der Waals surface area contributed by atoms with E-state index in [1.807, 2.05) is 12.1 Å². The minimum absolute atomic E-state index is 0.139. The molecule has 0 aliphatic heterocycles. The second-order valence-corrected chi connectivity index (χ2v) is 4.77. The molecule has 0 aliphatic carbocycles. The Morgan fingerprint density at radius 1 is 1.38 bits per heavy atom. The number of pyridine rings is 1. The van der Waals surface area contributed by atoms with Gasteiger partial charge in [-0.1, -0.05) is 17.7 Å². The van der Waals surface area contributed by atoms with Crippen molar-refractivity contribution in [3.8, 4) is 5.75 Å². The predicted octanol–water partition coefficient (Wildman–Crippen LogP) is 2.47. The molecule has 0 unspecified atom stereocenters. The van der Waals surface area contributed by atoms with E-state index in [1.165, 1.54) is 0 Å². The van der Waals surface area contributed by atoms with Gasteiger partial charge in [-0.05, 0) is 29.8 Å². The Balaban J connectivity index is 1.80. The van der Waals surface area contributed by atoms with Crippen LogP contribution in [0.15, 0.2) is 42.7 Å². The fraction of sp³-hybridized carbons (Fsp3) is 0.200. The molecule has 0 spiro atoms. The van der Waals surface area contributed by atoms with E-state index in [0.29, 0.717) is 23.0 Å². The molecule has 1 aromatic carbocycles. The smallest absolute Gasteiger partial charge is 0.238 e. The summed E-state index contributed by atoms with van der Waals surface area (Å²) in [5.74, 6) is 0.435. The summed E-state index contributed by atoms with van der Waals surface area (Å²) in [5, 5.41) is 6.27. The Morgan fingerprint density at radius 2 is 2.24 bits per heavy atom. The van der Waals surface area contributed by atoms with E-state index in [-0.39, 0.29) is 12.5 Å². The Bertz CT molecular complexity index is 605. The number of aromatic nitrogens is 1. The summed E-state index contributed by atoms with van der Waals surface area (Å²) in [7, 11) is 1.54. The highest BCUT2D eigenvalue weighted by Gasteiger charge is 2.05. The lowest BCUT2D eigenvalue weighted by Gasteiger charge is -2.09. The number of benzene rings is 1. The number of hydrogen-bond acceptors (Lipinski definition) is 4. The third-order valence-electron chi connectivity index (χ3n) is 2.77. The number of nitrogens with one attached hydrogen (secondary N) is 2. The van der Waals surface area contributed by atoms with Crippen molar-refractivity contribution < 1.29 is 9.53 Å². The molecule has 0 atom stereocenters. The molecular weight excluding hydrogens is 290 g/mol. The maximum absolute atomic E-state index is 11.8. The van der Waals surface area contributed by atoms with Gasteiger partial charge in [-0.15, -0.1) is 0 Å². The van der Waals surface area contributed by atoms with Crippen LogP contribution in [0.3, 0.4) is 0 Å². The molecule has 2 aromatic rings. The van der Waals surface area contributed by atoms with E-state index < -0.39 is 0 Å². The summed E-state index contributed by atoms with van der Waals surface area (Å²) in [6, 6.07) is 8.90. The second kappa shape index (κ2) is 7.61. The lowest BCUT2D eigenvalue weighted by atomic mass is 10.3.